The molecular weight excluding hydrogens is 486 g/mol. The average Bonchev–Trinajstić information content (AvgIpc) is 3.54. The fraction of sp³-hybridized carbons (Fsp3) is 0.0270. The van der Waals surface area contributed by atoms with E-state index in [1.807, 2.05) is 0 Å². The molecule has 0 saturated carbocycles. The fourth-order valence-electron chi connectivity index (χ4n) is 6.26. The zero-order valence-corrected chi connectivity index (χ0v) is 22.0. The van der Waals surface area contributed by atoms with Crippen LogP contribution in [0.3, 0.4) is 0 Å². The highest BCUT2D eigenvalue weighted by Gasteiger charge is 2.16. The Morgan fingerprint density at radius 3 is 1.50 bits per heavy atom. The number of rotatable bonds is 4. The molecule has 40 heavy (non-hydrogen) atoms. The van der Waals surface area contributed by atoms with Crippen molar-refractivity contribution in [3.8, 4) is 22.5 Å². The maximum atomic E-state index is 5.98. The summed E-state index contributed by atoms with van der Waals surface area (Å²) < 4.78 is 4.71. The van der Waals surface area contributed by atoms with E-state index < -0.39 is 0 Å². The fourth-order valence-corrected chi connectivity index (χ4v) is 6.26. The zero-order chi connectivity index (χ0) is 26.6. The molecule has 190 valence electrons. The molecule has 0 aliphatic carbocycles. The third-order valence-corrected chi connectivity index (χ3v) is 8.10. The molecule has 0 saturated heterocycles. The van der Waals surface area contributed by atoms with Crippen LogP contribution in [0.5, 0.6) is 0 Å². The molecule has 0 amide bonds. The summed E-state index contributed by atoms with van der Waals surface area (Å²) in [6, 6.07) is 50.2. The summed E-state index contributed by atoms with van der Waals surface area (Å²) in [5.41, 5.74) is 16.7. The molecule has 0 aliphatic heterocycles. The minimum absolute atomic E-state index is 0.526. The highest BCUT2D eigenvalue weighted by molar-refractivity contribution is 6.12. The Morgan fingerprint density at radius 2 is 0.900 bits per heavy atom. The Bertz CT molecular complexity index is 2200. The van der Waals surface area contributed by atoms with Gasteiger partial charge in [-0.15, -0.1) is 0 Å². The van der Waals surface area contributed by atoms with Crippen LogP contribution in [0.2, 0.25) is 0 Å². The third kappa shape index (κ3) is 3.42. The number of nitrogens with zero attached hydrogens (tertiary/aromatic N) is 2. The van der Waals surface area contributed by atoms with Gasteiger partial charge in [-0.3, -0.25) is 0 Å². The second-order valence-electron chi connectivity index (χ2n) is 10.4. The minimum Gasteiger partial charge on any atom is -0.326 e. The first-order valence-corrected chi connectivity index (χ1v) is 13.7. The van der Waals surface area contributed by atoms with Crippen molar-refractivity contribution in [2.75, 3.05) is 0 Å². The number of nitrogens with two attached hydrogens (primary N) is 1. The van der Waals surface area contributed by atoms with Crippen LogP contribution in [0, 0.1) is 0 Å². The molecular formula is C37H27N3. The Hall–Kier alpha value is -5.12. The number of fused-ring (bicyclic) bond motifs is 6. The largest absolute Gasteiger partial charge is 0.326 e. The highest BCUT2D eigenvalue weighted by Crippen LogP contribution is 2.38. The minimum atomic E-state index is 0.526. The van der Waals surface area contributed by atoms with Gasteiger partial charge in [0.05, 0.1) is 22.1 Å². The van der Waals surface area contributed by atoms with E-state index in [-0.39, 0.29) is 0 Å². The summed E-state index contributed by atoms with van der Waals surface area (Å²) in [6.45, 7) is 0.526. The summed E-state index contributed by atoms with van der Waals surface area (Å²) in [6.07, 6.45) is 0. The Labute approximate surface area is 232 Å². The lowest BCUT2D eigenvalue weighted by Gasteiger charge is -2.10. The van der Waals surface area contributed by atoms with Crippen LogP contribution in [0.15, 0.2) is 140 Å². The molecule has 0 unspecified atom stereocenters. The average molecular weight is 514 g/mol. The van der Waals surface area contributed by atoms with Crippen molar-refractivity contribution in [3.63, 3.8) is 0 Å². The molecule has 2 aromatic heterocycles. The number of para-hydroxylation sites is 3. The standard InChI is InChI=1S/C37H27N3/c38-24-25-9-8-12-29(21-25)40-35-16-7-5-14-31(35)33-23-27(18-20-37(33)40)26-17-19-36-32(22-26)30-13-4-6-15-34(30)39(36)28-10-2-1-3-11-28/h1-23H,24,38H2. The second-order valence-corrected chi connectivity index (χ2v) is 10.4. The molecule has 3 nitrogen and oxygen atoms in total. The first kappa shape index (κ1) is 22.8. The van der Waals surface area contributed by atoms with Gasteiger partial charge in [-0.25, -0.2) is 0 Å². The van der Waals surface area contributed by atoms with E-state index in [0.29, 0.717) is 6.54 Å². The van der Waals surface area contributed by atoms with Crippen molar-refractivity contribution >= 4 is 43.6 Å². The topological polar surface area (TPSA) is 35.9 Å². The first-order valence-electron chi connectivity index (χ1n) is 13.7. The van der Waals surface area contributed by atoms with Gasteiger partial charge in [0.15, 0.2) is 0 Å². The van der Waals surface area contributed by atoms with Gasteiger partial charge >= 0.3 is 0 Å². The number of hydrogen-bond donors (Lipinski definition) is 1. The third-order valence-electron chi connectivity index (χ3n) is 8.10. The first-order chi connectivity index (χ1) is 19.8. The van der Waals surface area contributed by atoms with E-state index in [0.717, 1.165) is 11.3 Å². The second kappa shape index (κ2) is 8.98. The summed E-state index contributed by atoms with van der Waals surface area (Å²) in [5, 5.41) is 5.02. The van der Waals surface area contributed by atoms with Gasteiger partial charge in [0.2, 0.25) is 0 Å². The summed E-state index contributed by atoms with van der Waals surface area (Å²) in [4.78, 5) is 0. The van der Waals surface area contributed by atoms with Crippen LogP contribution in [-0.2, 0) is 6.54 Å². The van der Waals surface area contributed by atoms with Crippen LogP contribution in [0.1, 0.15) is 5.56 Å². The van der Waals surface area contributed by atoms with Crippen molar-refractivity contribution in [2.24, 2.45) is 5.73 Å². The van der Waals surface area contributed by atoms with E-state index in [4.69, 9.17) is 5.73 Å². The van der Waals surface area contributed by atoms with Crippen molar-refractivity contribution in [1.29, 1.82) is 0 Å². The molecule has 6 aromatic carbocycles. The molecule has 8 rings (SSSR count). The maximum Gasteiger partial charge on any atom is 0.0541 e. The summed E-state index contributed by atoms with van der Waals surface area (Å²) >= 11 is 0. The number of hydrogen-bond acceptors (Lipinski definition) is 1. The molecule has 0 atom stereocenters. The SMILES string of the molecule is NCc1cccc(-n2c3ccccc3c3cc(-c4ccc5c(c4)c4ccccc4n5-c4ccccc4)ccc32)c1. The molecule has 0 spiro atoms. The van der Waals surface area contributed by atoms with Crippen molar-refractivity contribution < 1.29 is 0 Å². The van der Waals surface area contributed by atoms with Gasteiger partial charge < -0.3 is 14.9 Å². The molecule has 2 N–H and O–H groups in total. The Balaban J connectivity index is 1.35. The molecule has 0 aliphatic rings. The van der Waals surface area contributed by atoms with Crippen molar-refractivity contribution in [2.45, 2.75) is 6.54 Å². The van der Waals surface area contributed by atoms with Gasteiger partial charge in [-0.1, -0.05) is 78.9 Å². The van der Waals surface area contributed by atoms with E-state index in [2.05, 4.69) is 149 Å². The Kier molecular flexibility index (Phi) is 5.12. The summed E-state index contributed by atoms with van der Waals surface area (Å²) in [5.74, 6) is 0. The van der Waals surface area contributed by atoms with Crippen molar-refractivity contribution in [3.05, 3.63) is 145 Å². The van der Waals surface area contributed by atoms with Crippen LogP contribution < -0.4 is 5.73 Å². The predicted octanol–water partition coefficient (Wildman–Crippen LogP) is 9.01. The van der Waals surface area contributed by atoms with Crippen LogP contribution in [-0.4, -0.2) is 9.13 Å². The number of benzene rings is 6. The van der Waals surface area contributed by atoms with Gasteiger partial charge in [0.1, 0.15) is 0 Å². The van der Waals surface area contributed by atoms with Gasteiger partial charge in [-0.2, -0.15) is 0 Å². The van der Waals surface area contributed by atoms with E-state index in [1.165, 1.54) is 60.4 Å². The Morgan fingerprint density at radius 1 is 0.400 bits per heavy atom. The molecule has 2 heterocycles. The molecule has 0 bridgehead atoms. The monoisotopic (exact) mass is 513 g/mol. The lowest BCUT2D eigenvalue weighted by atomic mass is 10.0. The van der Waals surface area contributed by atoms with Gasteiger partial charge in [-0.05, 0) is 77.4 Å². The highest BCUT2D eigenvalue weighted by atomic mass is 15.0. The van der Waals surface area contributed by atoms with Crippen LogP contribution in [0.25, 0.3) is 66.1 Å². The maximum absolute atomic E-state index is 5.98. The van der Waals surface area contributed by atoms with Gasteiger partial charge in [0, 0.05) is 39.5 Å². The van der Waals surface area contributed by atoms with Crippen LogP contribution >= 0.6 is 0 Å². The van der Waals surface area contributed by atoms with E-state index >= 15 is 0 Å². The normalized spacial score (nSPS) is 11.7. The van der Waals surface area contributed by atoms with Crippen molar-refractivity contribution in [1.82, 2.24) is 9.13 Å². The van der Waals surface area contributed by atoms with Crippen LogP contribution in [0.4, 0.5) is 0 Å². The quantitative estimate of drug-likeness (QED) is 0.250. The molecule has 3 heteroatoms. The van der Waals surface area contributed by atoms with E-state index in [9.17, 15) is 0 Å². The summed E-state index contributed by atoms with van der Waals surface area (Å²) in [7, 11) is 0. The zero-order valence-electron chi connectivity index (χ0n) is 22.0. The smallest absolute Gasteiger partial charge is 0.0541 e. The van der Waals surface area contributed by atoms with E-state index in [1.54, 1.807) is 0 Å². The predicted molar refractivity (Wildman–Crippen MR) is 168 cm³/mol. The molecule has 0 radical (unpaired) electrons. The lowest BCUT2D eigenvalue weighted by Crippen LogP contribution is -1.99. The van der Waals surface area contributed by atoms with Gasteiger partial charge in [0.25, 0.3) is 0 Å². The number of aromatic nitrogens is 2. The molecule has 8 aromatic rings. The lowest BCUT2D eigenvalue weighted by molar-refractivity contribution is 1.06. The molecule has 0 fully saturated rings.